The fraction of sp³-hybridized carbons (Fsp3) is 0.250. The number of rotatable bonds is 5. The summed E-state index contributed by atoms with van der Waals surface area (Å²) in [6.07, 6.45) is 0. The maximum absolute atomic E-state index is 12.2. The van der Waals surface area contributed by atoms with E-state index >= 15 is 0 Å². The number of nitrogen functional groups attached to an aromatic ring is 1. The van der Waals surface area contributed by atoms with Crippen molar-refractivity contribution in [3.63, 3.8) is 0 Å². The first-order chi connectivity index (χ1) is 12.0. The van der Waals surface area contributed by atoms with Crippen molar-refractivity contribution in [3.05, 3.63) is 68.5 Å². The predicted molar refractivity (Wildman–Crippen MR) is 92.4 cm³/mol. The molecule has 0 saturated carbocycles. The van der Waals surface area contributed by atoms with Crippen LogP contribution in [-0.4, -0.2) is 26.8 Å². The highest BCUT2D eigenvalue weighted by Gasteiger charge is 2.18. The summed E-state index contributed by atoms with van der Waals surface area (Å²) < 4.78 is 6.64. The molecule has 0 amide bonds. The molecule has 130 valence electrons. The molecule has 2 aromatic heterocycles. The lowest BCUT2D eigenvalue weighted by molar-refractivity contribution is 0.466. The third-order valence-electron chi connectivity index (χ3n) is 3.72. The number of benzene rings is 1. The van der Waals surface area contributed by atoms with Crippen LogP contribution in [0, 0.1) is 6.92 Å². The molecule has 0 atom stereocenters. The largest absolute Gasteiger partial charge is 0.424 e. The van der Waals surface area contributed by atoms with E-state index in [0.29, 0.717) is 11.8 Å². The smallest absolute Gasteiger partial charge is 0.330 e. The van der Waals surface area contributed by atoms with E-state index < -0.39 is 11.2 Å². The molecule has 9 heteroatoms. The zero-order valence-corrected chi connectivity index (χ0v) is 13.9. The molecule has 0 unspecified atom stereocenters. The van der Waals surface area contributed by atoms with Gasteiger partial charge in [0.15, 0.2) is 0 Å². The van der Waals surface area contributed by atoms with Crippen LogP contribution in [0.4, 0.5) is 11.5 Å². The summed E-state index contributed by atoms with van der Waals surface area (Å²) in [7, 11) is 1.66. The Hall–Kier alpha value is -3.36. The van der Waals surface area contributed by atoms with E-state index in [2.05, 4.69) is 15.2 Å². The van der Waals surface area contributed by atoms with Crippen molar-refractivity contribution in [2.75, 3.05) is 17.7 Å². The molecule has 3 aromatic rings. The fourth-order valence-electron chi connectivity index (χ4n) is 2.55. The van der Waals surface area contributed by atoms with Crippen molar-refractivity contribution >= 4 is 11.5 Å². The highest BCUT2D eigenvalue weighted by atomic mass is 16.4. The molecular formula is C16H18N6O3. The first-order valence-corrected chi connectivity index (χ1v) is 7.62. The molecule has 0 saturated heterocycles. The number of nitrogens with one attached hydrogen (secondary N) is 1. The van der Waals surface area contributed by atoms with Gasteiger partial charge in [-0.3, -0.25) is 14.3 Å². The van der Waals surface area contributed by atoms with Gasteiger partial charge in [0.1, 0.15) is 11.5 Å². The van der Waals surface area contributed by atoms with Crippen molar-refractivity contribution in [3.8, 4) is 0 Å². The van der Waals surface area contributed by atoms with E-state index in [-0.39, 0.29) is 24.6 Å². The van der Waals surface area contributed by atoms with Crippen LogP contribution in [0.25, 0.3) is 0 Å². The lowest BCUT2D eigenvalue weighted by atomic mass is 10.2. The maximum atomic E-state index is 12.2. The van der Waals surface area contributed by atoms with Crippen LogP contribution in [0.2, 0.25) is 0 Å². The molecule has 2 heterocycles. The Balaban J connectivity index is 1.97. The Morgan fingerprint density at radius 1 is 1.24 bits per heavy atom. The lowest BCUT2D eigenvalue weighted by Gasteiger charge is -2.20. The number of nitrogens with two attached hydrogens (primary N) is 1. The topological polar surface area (TPSA) is 123 Å². The summed E-state index contributed by atoms with van der Waals surface area (Å²) in [5.74, 6) is 0.857. The number of aromatic nitrogens is 4. The second-order valence-electron chi connectivity index (χ2n) is 5.64. The van der Waals surface area contributed by atoms with Crippen LogP contribution < -0.4 is 21.9 Å². The molecule has 1 aromatic carbocycles. The van der Waals surface area contributed by atoms with Crippen molar-refractivity contribution in [2.45, 2.75) is 20.0 Å². The Labute approximate surface area is 142 Å². The van der Waals surface area contributed by atoms with Crippen molar-refractivity contribution < 1.29 is 4.42 Å². The number of hydrogen-bond donors (Lipinski definition) is 2. The summed E-state index contributed by atoms with van der Waals surface area (Å²) in [5, 5.41) is 7.65. The number of aromatic amines is 1. The Bertz CT molecular complexity index is 989. The predicted octanol–water partition coefficient (Wildman–Crippen LogP) is 0.495. The van der Waals surface area contributed by atoms with Crippen LogP contribution >= 0.6 is 0 Å². The number of hydrogen-bond acceptors (Lipinski definition) is 7. The molecule has 0 radical (unpaired) electrons. The number of nitrogens with zero attached hydrogens (tertiary/aromatic N) is 4. The highest BCUT2D eigenvalue weighted by molar-refractivity contribution is 5.62. The average molecular weight is 342 g/mol. The third kappa shape index (κ3) is 3.44. The van der Waals surface area contributed by atoms with Crippen molar-refractivity contribution in [1.82, 2.24) is 19.7 Å². The molecule has 0 aliphatic carbocycles. The van der Waals surface area contributed by atoms with E-state index in [4.69, 9.17) is 10.2 Å². The summed E-state index contributed by atoms with van der Waals surface area (Å²) in [4.78, 5) is 28.3. The lowest BCUT2D eigenvalue weighted by Crippen LogP contribution is -2.37. The molecular weight excluding hydrogens is 324 g/mol. The zero-order valence-electron chi connectivity index (χ0n) is 13.9. The average Bonchev–Trinajstić information content (AvgIpc) is 2.97. The van der Waals surface area contributed by atoms with E-state index in [1.54, 1.807) is 18.9 Å². The number of aryl methyl sites for hydroxylation is 1. The van der Waals surface area contributed by atoms with Gasteiger partial charge in [0.25, 0.3) is 5.56 Å². The second-order valence-corrected chi connectivity index (χ2v) is 5.64. The minimum absolute atomic E-state index is 0.0799. The van der Waals surface area contributed by atoms with Gasteiger partial charge in [-0.25, -0.2) is 4.79 Å². The third-order valence-corrected chi connectivity index (χ3v) is 3.72. The quantitative estimate of drug-likeness (QED) is 0.692. The summed E-state index contributed by atoms with van der Waals surface area (Å²) in [6, 6.07) is 9.37. The maximum Gasteiger partial charge on any atom is 0.330 e. The van der Waals surface area contributed by atoms with Crippen molar-refractivity contribution in [2.24, 2.45) is 0 Å². The van der Waals surface area contributed by atoms with E-state index in [1.807, 2.05) is 30.3 Å². The van der Waals surface area contributed by atoms with Gasteiger partial charge in [0, 0.05) is 14.0 Å². The van der Waals surface area contributed by atoms with Gasteiger partial charge in [0.05, 0.1) is 13.1 Å². The monoisotopic (exact) mass is 342 g/mol. The molecule has 0 aliphatic rings. The fourth-order valence-corrected chi connectivity index (χ4v) is 2.55. The molecule has 9 nitrogen and oxygen atoms in total. The van der Waals surface area contributed by atoms with Gasteiger partial charge in [0.2, 0.25) is 11.8 Å². The van der Waals surface area contributed by atoms with Gasteiger partial charge >= 0.3 is 5.69 Å². The first kappa shape index (κ1) is 16.5. The van der Waals surface area contributed by atoms with E-state index in [0.717, 1.165) is 5.56 Å². The van der Waals surface area contributed by atoms with E-state index in [1.165, 1.54) is 4.57 Å². The van der Waals surface area contributed by atoms with Gasteiger partial charge in [-0.05, 0) is 5.56 Å². The first-order valence-electron chi connectivity index (χ1n) is 7.62. The molecule has 3 rings (SSSR count). The summed E-state index contributed by atoms with van der Waals surface area (Å²) >= 11 is 0. The van der Waals surface area contributed by atoms with Crippen LogP contribution in [0.1, 0.15) is 17.3 Å². The number of anilines is 2. The molecule has 0 spiro atoms. The summed E-state index contributed by atoms with van der Waals surface area (Å²) in [6.45, 7) is 2.12. The minimum Gasteiger partial charge on any atom is -0.424 e. The zero-order chi connectivity index (χ0) is 18.0. The van der Waals surface area contributed by atoms with Crippen LogP contribution in [-0.2, 0) is 13.1 Å². The van der Waals surface area contributed by atoms with Crippen molar-refractivity contribution in [1.29, 1.82) is 0 Å². The van der Waals surface area contributed by atoms with Gasteiger partial charge < -0.3 is 15.1 Å². The number of H-pyrrole nitrogens is 1. The Morgan fingerprint density at radius 2 is 1.96 bits per heavy atom. The van der Waals surface area contributed by atoms with Gasteiger partial charge in [-0.1, -0.05) is 30.3 Å². The molecule has 3 N–H and O–H groups in total. The Morgan fingerprint density at radius 3 is 2.60 bits per heavy atom. The molecule has 0 fully saturated rings. The summed E-state index contributed by atoms with van der Waals surface area (Å²) in [5.41, 5.74) is 6.07. The molecule has 25 heavy (non-hydrogen) atoms. The molecule has 0 bridgehead atoms. The van der Waals surface area contributed by atoms with Crippen LogP contribution in [0.5, 0.6) is 0 Å². The minimum atomic E-state index is -0.564. The van der Waals surface area contributed by atoms with Crippen LogP contribution in [0.15, 0.2) is 44.3 Å². The SMILES string of the molecule is Cc1nnc(CN(C)c2c(N)n(Cc3ccccc3)c(=O)[nH]c2=O)o1. The van der Waals surface area contributed by atoms with Gasteiger partial charge in [-0.2, -0.15) is 0 Å². The van der Waals surface area contributed by atoms with E-state index in [9.17, 15) is 9.59 Å². The molecule has 0 aliphatic heterocycles. The Kier molecular flexibility index (Phi) is 4.38. The highest BCUT2D eigenvalue weighted by Crippen LogP contribution is 2.18. The second kappa shape index (κ2) is 6.63. The normalized spacial score (nSPS) is 10.8. The van der Waals surface area contributed by atoms with Gasteiger partial charge in [-0.15, -0.1) is 10.2 Å². The standard InChI is InChI=1S/C16H18N6O3/c1-10-19-20-12(25-10)9-21(2)13-14(17)22(16(24)18-15(13)23)8-11-6-4-3-5-7-11/h3-7H,8-9,17H2,1-2H3,(H,18,23,24). The van der Waals surface area contributed by atoms with Crippen LogP contribution in [0.3, 0.4) is 0 Å².